The van der Waals surface area contributed by atoms with Gasteiger partial charge in [-0.15, -0.1) is 0 Å². The fourth-order valence-electron chi connectivity index (χ4n) is 4.32. The van der Waals surface area contributed by atoms with Crippen LogP contribution in [0.5, 0.6) is 0 Å². The van der Waals surface area contributed by atoms with Crippen molar-refractivity contribution in [1.29, 1.82) is 5.26 Å². The molecule has 2 aromatic rings. The van der Waals surface area contributed by atoms with Gasteiger partial charge in [0.05, 0.1) is 24.0 Å². The molecule has 2 heterocycles. The first-order valence-electron chi connectivity index (χ1n) is 10.9. The van der Waals surface area contributed by atoms with Crippen molar-refractivity contribution in [2.24, 2.45) is 5.92 Å². The average molecular weight is 418 g/mol. The number of carbonyl (C=O) groups excluding carboxylic acids is 2. The highest BCUT2D eigenvalue weighted by molar-refractivity contribution is 5.87. The van der Waals surface area contributed by atoms with Crippen molar-refractivity contribution >= 4 is 11.9 Å². The number of piperazine rings is 1. The molecule has 0 aliphatic carbocycles. The molecular formula is C25H27N3O3. The zero-order valence-electron chi connectivity index (χ0n) is 17.8. The Morgan fingerprint density at radius 1 is 1.03 bits per heavy atom. The number of cyclic esters (lactones) is 1. The quantitative estimate of drug-likeness (QED) is 0.699. The summed E-state index contributed by atoms with van der Waals surface area (Å²) in [5.74, 6) is -0.873. The topological polar surface area (TPSA) is 73.6 Å². The van der Waals surface area contributed by atoms with Crippen LogP contribution in [0.3, 0.4) is 0 Å². The van der Waals surface area contributed by atoms with Crippen LogP contribution in [0, 0.1) is 17.2 Å². The van der Waals surface area contributed by atoms with Crippen LogP contribution in [0.1, 0.15) is 41.7 Å². The van der Waals surface area contributed by atoms with Crippen LogP contribution in [-0.4, -0.2) is 47.9 Å². The molecule has 1 amide bonds. The Kier molecular flexibility index (Phi) is 6.34. The van der Waals surface area contributed by atoms with Gasteiger partial charge in [0.15, 0.2) is 0 Å². The summed E-state index contributed by atoms with van der Waals surface area (Å²) < 4.78 is 5.48. The summed E-state index contributed by atoms with van der Waals surface area (Å²) in [6.45, 7) is 5.95. The molecule has 2 aliphatic rings. The van der Waals surface area contributed by atoms with E-state index in [0.29, 0.717) is 18.7 Å². The first-order valence-corrected chi connectivity index (χ1v) is 10.9. The minimum atomic E-state index is -0.581. The summed E-state index contributed by atoms with van der Waals surface area (Å²) in [5, 5.41) is 8.98. The largest absolute Gasteiger partial charge is 0.457 e. The predicted molar refractivity (Wildman–Crippen MR) is 116 cm³/mol. The second-order valence-corrected chi connectivity index (χ2v) is 8.23. The third-order valence-corrected chi connectivity index (χ3v) is 6.22. The van der Waals surface area contributed by atoms with Crippen LogP contribution in [-0.2, 0) is 27.3 Å². The van der Waals surface area contributed by atoms with E-state index >= 15 is 0 Å². The smallest absolute Gasteiger partial charge is 0.307 e. The van der Waals surface area contributed by atoms with Crippen molar-refractivity contribution in [1.82, 2.24) is 9.80 Å². The third-order valence-electron chi connectivity index (χ3n) is 6.22. The van der Waals surface area contributed by atoms with Crippen molar-refractivity contribution < 1.29 is 14.3 Å². The lowest BCUT2D eigenvalue weighted by Crippen LogP contribution is -2.50. The van der Waals surface area contributed by atoms with Gasteiger partial charge in [0.25, 0.3) is 0 Å². The van der Waals surface area contributed by atoms with Crippen molar-refractivity contribution in [2.45, 2.75) is 32.4 Å². The molecule has 6 nitrogen and oxygen atoms in total. The lowest BCUT2D eigenvalue weighted by Gasteiger charge is -2.36. The molecule has 0 saturated carbocycles. The highest BCUT2D eigenvalue weighted by atomic mass is 16.6. The van der Waals surface area contributed by atoms with E-state index in [4.69, 9.17) is 10.00 Å². The van der Waals surface area contributed by atoms with Gasteiger partial charge in [-0.05, 0) is 35.2 Å². The Balaban J connectivity index is 1.36. The number of hydrogen-bond acceptors (Lipinski definition) is 5. The number of rotatable bonds is 5. The summed E-state index contributed by atoms with van der Waals surface area (Å²) in [7, 11) is 0. The van der Waals surface area contributed by atoms with Crippen molar-refractivity contribution in [3.8, 4) is 6.07 Å². The van der Waals surface area contributed by atoms with Crippen LogP contribution in [0.15, 0.2) is 48.5 Å². The van der Waals surface area contributed by atoms with E-state index in [0.717, 1.165) is 31.6 Å². The van der Waals surface area contributed by atoms with Gasteiger partial charge < -0.3 is 9.64 Å². The van der Waals surface area contributed by atoms with E-state index in [1.54, 1.807) is 24.3 Å². The molecule has 0 radical (unpaired) electrons. The van der Waals surface area contributed by atoms with E-state index in [1.165, 1.54) is 11.1 Å². The van der Waals surface area contributed by atoms with Gasteiger partial charge in [0, 0.05) is 32.7 Å². The average Bonchev–Trinajstić information content (AvgIpc) is 3.21. The number of amides is 1. The molecule has 160 valence electrons. The monoisotopic (exact) mass is 417 g/mol. The highest BCUT2D eigenvalue weighted by Crippen LogP contribution is 2.37. The van der Waals surface area contributed by atoms with E-state index in [9.17, 15) is 9.59 Å². The van der Waals surface area contributed by atoms with Crippen LogP contribution < -0.4 is 0 Å². The van der Waals surface area contributed by atoms with Gasteiger partial charge in [-0.2, -0.15) is 5.26 Å². The summed E-state index contributed by atoms with van der Waals surface area (Å²) >= 11 is 0. The number of nitriles is 1. The lowest BCUT2D eigenvalue weighted by atomic mass is 9.93. The van der Waals surface area contributed by atoms with Crippen molar-refractivity contribution in [2.75, 3.05) is 26.2 Å². The Bertz CT molecular complexity index is 971. The maximum atomic E-state index is 13.2. The Morgan fingerprint density at radius 2 is 1.68 bits per heavy atom. The molecule has 0 aromatic heterocycles. The molecule has 31 heavy (non-hydrogen) atoms. The summed E-state index contributed by atoms with van der Waals surface area (Å²) in [6, 6.07) is 17.7. The van der Waals surface area contributed by atoms with Gasteiger partial charge in [0.2, 0.25) is 5.91 Å². The lowest BCUT2D eigenvalue weighted by molar-refractivity contribution is -0.142. The molecule has 0 unspecified atom stereocenters. The molecule has 0 bridgehead atoms. The molecule has 2 saturated heterocycles. The summed E-state index contributed by atoms with van der Waals surface area (Å²) in [6.07, 6.45) is 0.564. The van der Waals surface area contributed by atoms with Gasteiger partial charge in [-0.3, -0.25) is 14.5 Å². The van der Waals surface area contributed by atoms with Crippen LogP contribution in [0.25, 0.3) is 0 Å². The minimum absolute atomic E-state index is 0.0211. The zero-order chi connectivity index (χ0) is 21.8. The second-order valence-electron chi connectivity index (χ2n) is 8.23. The fraction of sp³-hybridized carbons (Fsp3) is 0.400. The van der Waals surface area contributed by atoms with E-state index in [2.05, 4.69) is 42.2 Å². The molecule has 0 spiro atoms. The number of aryl methyl sites for hydroxylation is 1. The first-order chi connectivity index (χ1) is 15.1. The third kappa shape index (κ3) is 4.78. The highest BCUT2D eigenvalue weighted by Gasteiger charge is 2.43. The zero-order valence-corrected chi connectivity index (χ0v) is 17.8. The molecule has 2 atom stereocenters. The molecule has 0 N–H and O–H groups in total. The molecule has 2 aromatic carbocycles. The van der Waals surface area contributed by atoms with Crippen LogP contribution in [0.4, 0.5) is 0 Å². The number of esters is 1. The number of ether oxygens (including phenoxy) is 1. The molecular weight excluding hydrogens is 390 g/mol. The van der Waals surface area contributed by atoms with Crippen molar-refractivity contribution in [3.63, 3.8) is 0 Å². The standard InChI is InChI=1S/C25H27N3O3/c1-2-18-3-5-20(6-4-18)17-27-11-13-28(14-12-27)25(30)22-15-23(29)31-24(22)21-9-7-19(16-26)8-10-21/h3-10,22,24H,2,11-15,17H2,1H3/t22-,24+/m0/s1. The van der Waals surface area contributed by atoms with Gasteiger partial charge >= 0.3 is 5.97 Å². The predicted octanol–water partition coefficient (Wildman–Crippen LogP) is 3.07. The molecule has 6 heteroatoms. The first kappa shape index (κ1) is 21.1. The Morgan fingerprint density at radius 3 is 2.29 bits per heavy atom. The van der Waals surface area contributed by atoms with Crippen LogP contribution in [0.2, 0.25) is 0 Å². The molecule has 2 aliphatic heterocycles. The number of benzene rings is 2. The van der Waals surface area contributed by atoms with Gasteiger partial charge in [0.1, 0.15) is 6.10 Å². The van der Waals surface area contributed by atoms with Gasteiger partial charge in [-0.1, -0.05) is 43.3 Å². The fourth-order valence-corrected chi connectivity index (χ4v) is 4.32. The summed E-state index contributed by atoms with van der Waals surface area (Å²) in [5.41, 5.74) is 3.92. The normalized spacial score (nSPS) is 21.5. The Labute approximate surface area is 183 Å². The van der Waals surface area contributed by atoms with Crippen LogP contribution >= 0.6 is 0 Å². The maximum Gasteiger partial charge on any atom is 0.307 e. The van der Waals surface area contributed by atoms with E-state index in [1.807, 2.05) is 4.90 Å². The number of hydrogen-bond donors (Lipinski definition) is 0. The molecule has 2 fully saturated rings. The maximum absolute atomic E-state index is 13.2. The van der Waals surface area contributed by atoms with Crippen molar-refractivity contribution in [3.05, 3.63) is 70.8 Å². The van der Waals surface area contributed by atoms with E-state index in [-0.39, 0.29) is 18.3 Å². The second kappa shape index (κ2) is 9.32. The SMILES string of the molecule is CCc1ccc(CN2CCN(C(=O)[C@H]3CC(=O)O[C@@H]3c3ccc(C#N)cc3)CC2)cc1. The number of carbonyl (C=O) groups is 2. The minimum Gasteiger partial charge on any atom is -0.457 e. The Hall–Kier alpha value is -3.17. The molecule has 4 rings (SSSR count). The number of nitrogens with zero attached hydrogens (tertiary/aromatic N) is 3. The summed E-state index contributed by atoms with van der Waals surface area (Å²) in [4.78, 5) is 29.4. The van der Waals surface area contributed by atoms with Gasteiger partial charge in [-0.25, -0.2) is 0 Å². The van der Waals surface area contributed by atoms with E-state index < -0.39 is 12.0 Å².